The Morgan fingerprint density at radius 3 is 1.76 bits per heavy atom. The van der Waals surface area contributed by atoms with Crippen molar-refractivity contribution in [3.63, 3.8) is 0 Å². The van der Waals surface area contributed by atoms with Crippen LogP contribution < -0.4 is 0 Å². The zero-order chi connectivity index (χ0) is 12.4. The van der Waals surface area contributed by atoms with E-state index in [0.29, 0.717) is 12.8 Å². The molecule has 0 aromatic carbocycles. The van der Waals surface area contributed by atoms with Gasteiger partial charge in [-0.05, 0) is 19.3 Å². The lowest BCUT2D eigenvalue weighted by Crippen LogP contribution is -2.42. The third kappa shape index (κ3) is 2.35. The number of nitrogens with zero attached hydrogens (tertiary/aromatic N) is 2. The maximum Gasteiger partial charge on any atom is 0.226 e. The van der Waals surface area contributed by atoms with Crippen molar-refractivity contribution in [2.24, 2.45) is 11.8 Å². The van der Waals surface area contributed by atoms with Crippen LogP contribution >= 0.6 is 0 Å². The van der Waals surface area contributed by atoms with Crippen LogP contribution in [-0.4, -0.2) is 48.8 Å². The molecule has 0 bridgehead atoms. The smallest absolute Gasteiger partial charge is 0.226 e. The lowest BCUT2D eigenvalue weighted by molar-refractivity contribution is -0.143. The van der Waals surface area contributed by atoms with Gasteiger partial charge in [0, 0.05) is 27.2 Å². The average Bonchev–Trinajstić information content (AvgIpc) is 2.38. The zero-order valence-corrected chi connectivity index (χ0v) is 10.6. The summed E-state index contributed by atoms with van der Waals surface area (Å²) in [5.41, 5.74) is 0. The molecule has 0 aromatic heterocycles. The van der Waals surface area contributed by atoms with Crippen molar-refractivity contribution in [3.8, 4) is 0 Å². The Morgan fingerprint density at radius 2 is 1.35 bits per heavy atom. The quantitative estimate of drug-likeness (QED) is 0.586. The molecule has 0 unspecified atom stereocenters. The summed E-state index contributed by atoms with van der Waals surface area (Å²) >= 11 is 0. The first-order valence-electron chi connectivity index (χ1n) is 6.26. The summed E-state index contributed by atoms with van der Waals surface area (Å²) in [6.45, 7) is 1.48. The molecule has 2 amide bonds. The van der Waals surface area contributed by atoms with Crippen LogP contribution in [-0.2, 0) is 9.59 Å². The molecule has 1 heterocycles. The Hall–Kier alpha value is -1.32. The highest BCUT2D eigenvalue weighted by atomic mass is 16.2. The Kier molecular flexibility index (Phi) is 3.50. The first-order chi connectivity index (χ1) is 8.11. The minimum Gasteiger partial charge on any atom is -0.345 e. The monoisotopic (exact) mass is 236 g/mol. The van der Waals surface area contributed by atoms with Crippen molar-refractivity contribution in [2.75, 3.05) is 27.2 Å². The van der Waals surface area contributed by atoms with Crippen molar-refractivity contribution >= 4 is 11.8 Å². The molecule has 2 atom stereocenters. The van der Waals surface area contributed by atoms with Gasteiger partial charge in [0.15, 0.2) is 0 Å². The van der Waals surface area contributed by atoms with Crippen LogP contribution in [0.25, 0.3) is 0 Å². The van der Waals surface area contributed by atoms with E-state index in [9.17, 15) is 9.59 Å². The van der Waals surface area contributed by atoms with Crippen molar-refractivity contribution in [3.05, 3.63) is 12.2 Å². The van der Waals surface area contributed by atoms with Crippen LogP contribution in [0.4, 0.5) is 0 Å². The molecular weight excluding hydrogens is 216 g/mol. The van der Waals surface area contributed by atoms with E-state index in [1.165, 1.54) is 0 Å². The molecule has 1 saturated heterocycles. The Morgan fingerprint density at radius 1 is 0.941 bits per heavy atom. The number of rotatable bonds is 0. The molecule has 1 aliphatic carbocycles. The summed E-state index contributed by atoms with van der Waals surface area (Å²) in [6, 6.07) is 0. The maximum absolute atomic E-state index is 12.3. The van der Waals surface area contributed by atoms with Gasteiger partial charge in [-0.15, -0.1) is 0 Å². The molecule has 1 fully saturated rings. The maximum atomic E-state index is 12.3. The van der Waals surface area contributed by atoms with Gasteiger partial charge in [0.05, 0.1) is 11.8 Å². The van der Waals surface area contributed by atoms with Crippen molar-refractivity contribution < 1.29 is 9.59 Å². The van der Waals surface area contributed by atoms with Crippen molar-refractivity contribution in [1.29, 1.82) is 0 Å². The first-order valence-corrected chi connectivity index (χ1v) is 6.26. The van der Waals surface area contributed by atoms with Gasteiger partial charge < -0.3 is 9.80 Å². The van der Waals surface area contributed by atoms with Gasteiger partial charge in [-0.25, -0.2) is 0 Å². The topological polar surface area (TPSA) is 40.6 Å². The molecular formula is C13H20N2O2. The molecule has 0 aromatic rings. The SMILES string of the molecule is CN1CCCN(C)C(=O)[C@@H]2CC=CC[C@@H]2C1=O. The van der Waals surface area contributed by atoms with E-state index in [0.717, 1.165) is 19.5 Å². The van der Waals surface area contributed by atoms with E-state index in [2.05, 4.69) is 0 Å². The predicted octanol–water partition coefficient (Wildman–Crippen LogP) is 0.889. The second-order valence-corrected chi connectivity index (χ2v) is 5.03. The first kappa shape index (κ1) is 12.1. The van der Waals surface area contributed by atoms with Crippen LogP contribution in [0, 0.1) is 11.8 Å². The fraction of sp³-hybridized carbons (Fsp3) is 0.692. The highest BCUT2D eigenvalue weighted by Crippen LogP contribution is 2.29. The zero-order valence-electron chi connectivity index (χ0n) is 10.6. The van der Waals surface area contributed by atoms with E-state index < -0.39 is 0 Å². The van der Waals surface area contributed by atoms with Gasteiger partial charge in [0.25, 0.3) is 0 Å². The van der Waals surface area contributed by atoms with Gasteiger partial charge >= 0.3 is 0 Å². The molecule has 0 N–H and O–H groups in total. The average molecular weight is 236 g/mol. The summed E-state index contributed by atoms with van der Waals surface area (Å²) in [4.78, 5) is 28.1. The number of carbonyl (C=O) groups is 2. The summed E-state index contributed by atoms with van der Waals surface area (Å²) < 4.78 is 0. The summed E-state index contributed by atoms with van der Waals surface area (Å²) in [6.07, 6.45) is 6.31. The largest absolute Gasteiger partial charge is 0.345 e. The Labute approximate surface area is 102 Å². The van der Waals surface area contributed by atoms with Crippen LogP contribution in [0.1, 0.15) is 19.3 Å². The number of allylic oxidation sites excluding steroid dienone is 2. The van der Waals surface area contributed by atoms with Crippen LogP contribution in [0.2, 0.25) is 0 Å². The van der Waals surface area contributed by atoms with E-state index in [4.69, 9.17) is 0 Å². The molecule has 0 spiro atoms. The lowest BCUT2D eigenvalue weighted by Gasteiger charge is -2.30. The van der Waals surface area contributed by atoms with Crippen LogP contribution in [0.15, 0.2) is 12.2 Å². The van der Waals surface area contributed by atoms with Gasteiger partial charge in [0.2, 0.25) is 11.8 Å². The van der Waals surface area contributed by atoms with E-state index in [-0.39, 0.29) is 23.7 Å². The third-order valence-corrected chi connectivity index (χ3v) is 3.81. The molecule has 0 saturated carbocycles. The second kappa shape index (κ2) is 4.90. The van der Waals surface area contributed by atoms with Crippen molar-refractivity contribution in [1.82, 2.24) is 9.80 Å². The Balaban J connectivity index is 2.27. The molecule has 4 nitrogen and oxygen atoms in total. The van der Waals surface area contributed by atoms with Crippen LogP contribution in [0.3, 0.4) is 0 Å². The van der Waals surface area contributed by atoms with E-state index in [1.54, 1.807) is 9.80 Å². The molecule has 94 valence electrons. The summed E-state index contributed by atoms with van der Waals surface area (Å²) in [5, 5.41) is 0. The predicted molar refractivity (Wildman–Crippen MR) is 65.2 cm³/mol. The highest BCUT2D eigenvalue weighted by molar-refractivity contribution is 5.88. The molecule has 17 heavy (non-hydrogen) atoms. The third-order valence-electron chi connectivity index (χ3n) is 3.81. The summed E-state index contributed by atoms with van der Waals surface area (Å²) in [7, 11) is 3.68. The minimum absolute atomic E-state index is 0.128. The van der Waals surface area contributed by atoms with Crippen molar-refractivity contribution in [2.45, 2.75) is 19.3 Å². The standard InChI is InChI=1S/C13H20N2O2/c1-14-8-5-9-15(2)13(17)11-7-4-3-6-10(11)12(14)16/h3-4,10-11H,5-9H2,1-2H3/t10-,11+. The van der Waals surface area contributed by atoms with E-state index >= 15 is 0 Å². The normalized spacial score (nSPS) is 30.7. The highest BCUT2D eigenvalue weighted by Gasteiger charge is 2.37. The fourth-order valence-corrected chi connectivity index (χ4v) is 2.69. The number of carbonyl (C=O) groups excluding carboxylic acids is 2. The molecule has 2 rings (SSSR count). The van der Waals surface area contributed by atoms with E-state index in [1.807, 2.05) is 26.2 Å². The molecule has 4 heteroatoms. The fourth-order valence-electron chi connectivity index (χ4n) is 2.69. The molecule has 2 aliphatic rings. The van der Waals surface area contributed by atoms with Crippen LogP contribution in [0.5, 0.6) is 0 Å². The minimum atomic E-state index is -0.155. The molecule has 1 aliphatic heterocycles. The summed E-state index contributed by atoms with van der Waals surface area (Å²) in [5.74, 6) is -0.0536. The molecule has 0 radical (unpaired) electrons. The number of hydrogen-bond donors (Lipinski definition) is 0. The Bertz CT molecular complexity index is 319. The number of amides is 2. The van der Waals surface area contributed by atoms with Gasteiger partial charge in [-0.2, -0.15) is 0 Å². The van der Waals surface area contributed by atoms with Gasteiger partial charge in [-0.3, -0.25) is 9.59 Å². The number of hydrogen-bond acceptors (Lipinski definition) is 2. The van der Waals surface area contributed by atoms with Gasteiger partial charge in [0.1, 0.15) is 0 Å². The lowest BCUT2D eigenvalue weighted by atomic mass is 9.81. The second-order valence-electron chi connectivity index (χ2n) is 5.03. The van der Waals surface area contributed by atoms with Gasteiger partial charge in [-0.1, -0.05) is 12.2 Å². The number of fused-ring (bicyclic) bond motifs is 1.